The minimum Gasteiger partial charge on any atom is -0.341 e. The van der Waals surface area contributed by atoms with Crippen LogP contribution < -0.4 is 5.32 Å². The van der Waals surface area contributed by atoms with E-state index in [9.17, 15) is 18.8 Å². The van der Waals surface area contributed by atoms with Gasteiger partial charge in [0.15, 0.2) is 5.78 Å². The van der Waals surface area contributed by atoms with E-state index in [1.54, 1.807) is 34.1 Å². The first kappa shape index (κ1) is 29.9. The number of nitrogens with zero attached hydrogens (tertiary/aromatic N) is 4. The van der Waals surface area contributed by atoms with Crippen LogP contribution in [0.4, 0.5) is 4.39 Å². The maximum absolute atomic E-state index is 14.5. The lowest BCUT2D eigenvalue weighted by Gasteiger charge is -2.33. The fourth-order valence-corrected chi connectivity index (χ4v) is 6.67. The summed E-state index contributed by atoms with van der Waals surface area (Å²) in [4.78, 5) is 48.7. The molecule has 9 heteroatoms. The normalized spacial score (nSPS) is 19.2. The van der Waals surface area contributed by atoms with E-state index in [2.05, 4.69) is 24.1 Å². The van der Waals surface area contributed by atoms with E-state index in [-0.39, 0.29) is 52.7 Å². The first-order valence-corrected chi connectivity index (χ1v) is 15.1. The molecular weight excluding hydrogens is 533 g/mol. The van der Waals surface area contributed by atoms with Crippen molar-refractivity contribution in [2.24, 2.45) is 5.92 Å². The average Bonchev–Trinajstić information content (AvgIpc) is 3.52. The Balaban J connectivity index is 1.43. The van der Waals surface area contributed by atoms with Crippen LogP contribution >= 0.6 is 0 Å². The van der Waals surface area contributed by atoms with E-state index in [0.717, 1.165) is 18.2 Å². The maximum Gasteiger partial charge on any atom is 0.256 e. The van der Waals surface area contributed by atoms with E-state index < -0.39 is 5.82 Å². The lowest BCUT2D eigenvalue weighted by atomic mass is 9.88. The smallest absolute Gasteiger partial charge is 0.256 e. The molecule has 8 nitrogen and oxygen atoms in total. The average molecular weight is 576 g/mol. The van der Waals surface area contributed by atoms with Gasteiger partial charge in [0.1, 0.15) is 5.82 Å². The molecule has 0 radical (unpaired) electrons. The van der Waals surface area contributed by atoms with E-state index >= 15 is 0 Å². The molecule has 0 unspecified atom stereocenters. The van der Waals surface area contributed by atoms with Crippen LogP contribution in [0, 0.1) is 11.7 Å². The second-order valence-electron chi connectivity index (χ2n) is 13.0. The number of aromatic nitrogens is 2. The number of piperidine rings is 1. The Bertz CT molecular complexity index is 1490. The highest BCUT2D eigenvalue weighted by atomic mass is 19.1. The molecule has 3 aromatic rings. The fraction of sp³-hybridized carbons (Fsp3) is 0.515. The summed E-state index contributed by atoms with van der Waals surface area (Å²) in [6.45, 7) is 13.1. The summed E-state index contributed by atoms with van der Waals surface area (Å²) in [5, 5.41) is 4.18. The molecule has 0 spiro atoms. The molecule has 2 aliphatic rings. The van der Waals surface area contributed by atoms with Crippen LogP contribution in [0.15, 0.2) is 42.9 Å². The molecule has 2 aromatic heterocycles. The Hall–Kier alpha value is -3.59. The van der Waals surface area contributed by atoms with Crippen molar-refractivity contribution in [2.75, 3.05) is 13.1 Å². The van der Waals surface area contributed by atoms with Gasteiger partial charge in [-0.1, -0.05) is 0 Å². The van der Waals surface area contributed by atoms with Crippen LogP contribution in [-0.4, -0.2) is 73.7 Å². The summed E-state index contributed by atoms with van der Waals surface area (Å²) in [5.74, 6) is -0.859. The lowest BCUT2D eigenvalue weighted by Crippen LogP contribution is -2.50. The van der Waals surface area contributed by atoms with Gasteiger partial charge in [0.05, 0.1) is 29.0 Å². The molecule has 42 heavy (non-hydrogen) atoms. The van der Waals surface area contributed by atoms with E-state index in [1.165, 1.54) is 12.1 Å². The van der Waals surface area contributed by atoms with Crippen LogP contribution in [0.1, 0.15) is 87.9 Å². The number of pyridine rings is 1. The minimum atomic E-state index is -0.502. The predicted octanol–water partition coefficient (Wildman–Crippen LogP) is 5.38. The van der Waals surface area contributed by atoms with E-state index in [1.807, 2.05) is 38.7 Å². The summed E-state index contributed by atoms with van der Waals surface area (Å²) in [6.07, 6.45) is 8.06. The SMILES string of the molecule is CC(C)N(C(=O)c1cc(F)ccc1-n1cc(C(=O)C2CCN(C(=O)[C@@H]3CCC(C)(C)N3)CC2)c2ccncc21)C(C)C. The molecule has 2 aliphatic heterocycles. The number of fused-ring (bicyclic) bond motifs is 1. The maximum atomic E-state index is 14.5. The van der Waals surface area contributed by atoms with Crippen LogP contribution in [0.25, 0.3) is 16.6 Å². The molecule has 2 amide bonds. The van der Waals surface area contributed by atoms with E-state index in [0.29, 0.717) is 42.7 Å². The van der Waals surface area contributed by atoms with Gasteiger partial charge in [-0.05, 0) is 91.5 Å². The van der Waals surface area contributed by atoms with Crippen LogP contribution in [-0.2, 0) is 4.79 Å². The zero-order chi connectivity index (χ0) is 30.3. The Kier molecular flexibility index (Phi) is 8.25. The first-order valence-electron chi connectivity index (χ1n) is 15.1. The van der Waals surface area contributed by atoms with Gasteiger partial charge in [0.2, 0.25) is 5.91 Å². The largest absolute Gasteiger partial charge is 0.341 e. The van der Waals surface area contributed by atoms with Gasteiger partial charge in [-0.15, -0.1) is 0 Å². The highest BCUT2D eigenvalue weighted by molar-refractivity contribution is 6.10. The summed E-state index contributed by atoms with van der Waals surface area (Å²) >= 11 is 0. The van der Waals surface area contributed by atoms with Gasteiger partial charge in [0, 0.05) is 60.0 Å². The third-order valence-corrected chi connectivity index (χ3v) is 8.77. The number of halogens is 1. The van der Waals surface area contributed by atoms with Gasteiger partial charge in [-0.3, -0.25) is 19.4 Å². The molecule has 5 rings (SSSR count). The van der Waals surface area contributed by atoms with E-state index in [4.69, 9.17) is 0 Å². The number of carbonyl (C=O) groups excluding carboxylic acids is 3. The zero-order valence-corrected chi connectivity index (χ0v) is 25.5. The molecule has 1 atom stereocenters. The molecule has 1 aromatic carbocycles. The molecule has 224 valence electrons. The topological polar surface area (TPSA) is 87.5 Å². The number of likely N-dealkylation sites (tertiary alicyclic amines) is 1. The Morgan fingerprint density at radius 3 is 2.33 bits per heavy atom. The highest BCUT2D eigenvalue weighted by Gasteiger charge is 2.38. The third-order valence-electron chi connectivity index (χ3n) is 8.77. The Morgan fingerprint density at radius 2 is 1.71 bits per heavy atom. The molecule has 0 saturated carbocycles. The number of nitrogens with one attached hydrogen (secondary N) is 1. The fourth-order valence-electron chi connectivity index (χ4n) is 6.67. The summed E-state index contributed by atoms with van der Waals surface area (Å²) in [6, 6.07) is 5.68. The molecule has 0 aliphatic carbocycles. The van der Waals surface area contributed by atoms with Crippen molar-refractivity contribution in [1.29, 1.82) is 0 Å². The zero-order valence-electron chi connectivity index (χ0n) is 25.5. The van der Waals surface area contributed by atoms with Gasteiger partial charge in [-0.2, -0.15) is 0 Å². The van der Waals surface area contributed by atoms with Crippen molar-refractivity contribution in [3.8, 4) is 5.69 Å². The van der Waals surface area contributed by atoms with Crippen molar-refractivity contribution in [3.63, 3.8) is 0 Å². The number of hydrogen-bond donors (Lipinski definition) is 1. The van der Waals surface area contributed by atoms with Gasteiger partial charge < -0.3 is 19.7 Å². The van der Waals surface area contributed by atoms with Gasteiger partial charge in [-0.25, -0.2) is 4.39 Å². The second kappa shape index (κ2) is 11.6. The first-order chi connectivity index (χ1) is 19.9. The number of benzene rings is 1. The molecule has 1 N–H and O–H groups in total. The lowest BCUT2D eigenvalue weighted by molar-refractivity contribution is -0.134. The number of ketones is 1. The van der Waals surface area contributed by atoms with Gasteiger partial charge in [0.25, 0.3) is 5.91 Å². The Labute approximate surface area is 247 Å². The summed E-state index contributed by atoms with van der Waals surface area (Å²) in [7, 11) is 0. The quantitative estimate of drug-likeness (QED) is 0.383. The number of amides is 2. The van der Waals surface area contributed by atoms with Crippen molar-refractivity contribution in [1.82, 2.24) is 24.7 Å². The van der Waals surface area contributed by atoms with Crippen LogP contribution in [0.3, 0.4) is 0 Å². The Morgan fingerprint density at radius 1 is 1.02 bits per heavy atom. The standard InChI is InChI=1S/C33H42FN5O3/c1-20(2)39(21(3)4)31(41)25-17-23(34)7-8-28(25)38-19-26(24-10-14-35-18-29(24)38)30(40)22-11-15-37(16-12-22)32(42)27-9-13-33(5,6)36-27/h7-8,10,14,17-22,27,36H,9,11-13,15-16H2,1-6H3/t27-/m0/s1. The highest BCUT2D eigenvalue weighted by Crippen LogP contribution is 2.32. The van der Waals surface area contributed by atoms with Crippen molar-refractivity contribution in [2.45, 2.75) is 90.9 Å². The van der Waals surface area contributed by atoms with Crippen molar-refractivity contribution >= 4 is 28.5 Å². The molecule has 4 heterocycles. The van der Waals surface area contributed by atoms with Crippen molar-refractivity contribution < 1.29 is 18.8 Å². The number of carbonyl (C=O) groups is 3. The molecule has 2 saturated heterocycles. The van der Waals surface area contributed by atoms with Crippen LogP contribution in [0.2, 0.25) is 0 Å². The number of Topliss-reactive ketones (excluding diaryl/α,β-unsaturated/α-hetero) is 1. The van der Waals surface area contributed by atoms with Crippen molar-refractivity contribution in [3.05, 3.63) is 59.8 Å². The third kappa shape index (κ3) is 5.71. The molecular formula is C33H42FN5O3. The predicted molar refractivity (Wildman–Crippen MR) is 161 cm³/mol. The minimum absolute atomic E-state index is 0.0122. The van der Waals surface area contributed by atoms with Crippen LogP contribution in [0.5, 0.6) is 0 Å². The number of hydrogen-bond acceptors (Lipinski definition) is 5. The molecule has 2 fully saturated rings. The molecule has 0 bridgehead atoms. The summed E-state index contributed by atoms with van der Waals surface area (Å²) in [5.41, 5.74) is 1.91. The monoisotopic (exact) mass is 575 g/mol. The van der Waals surface area contributed by atoms with Gasteiger partial charge >= 0.3 is 0 Å². The summed E-state index contributed by atoms with van der Waals surface area (Å²) < 4.78 is 16.3. The second-order valence-corrected chi connectivity index (χ2v) is 13.0. The number of rotatable bonds is 7.